The molecule has 1 atom stereocenters. The van der Waals surface area contributed by atoms with Crippen LogP contribution in [0.25, 0.3) is 0 Å². The van der Waals surface area contributed by atoms with Crippen LogP contribution in [0, 0.1) is 0 Å². The lowest BCUT2D eigenvalue weighted by Crippen LogP contribution is -1.72. The molecule has 0 aliphatic carbocycles. The predicted molar refractivity (Wildman–Crippen MR) is 58.0 cm³/mol. The zero-order chi connectivity index (χ0) is 10.4. The fourth-order valence-electron chi connectivity index (χ4n) is 0.0745. The van der Waals surface area contributed by atoms with Crippen molar-refractivity contribution in [1.82, 2.24) is 0 Å². The Hall–Kier alpha value is 1.45. The van der Waals surface area contributed by atoms with Gasteiger partial charge >= 0.3 is 6.72 Å². The van der Waals surface area contributed by atoms with E-state index < -0.39 is 12.4 Å². The van der Waals surface area contributed by atoms with Gasteiger partial charge in [0.1, 0.15) is 0 Å². The maximum absolute atomic E-state index is 8.80. The largest absolute Gasteiger partial charge is 0.337 e. The van der Waals surface area contributed by atoms with Crippen molar-refractivity contribution >= 4 is 47.4 Å². The first-order chi connectivity index (χ1) is 5.12. The van der Waals surface area contributed by atoms with Gasteiger partial charge in [-0.15, -0.1) is 0 Å². The molecule has 76 valence electrons. The minimum Gasteiger partial charge on any atom is -0.337 e. The Bertz CT molecular complexity index is 185. The third kappa shape index (κ3) is 22.5. The first-order valence-corrected chi connectivity index (χ1v) is 9.51. The van der Waals surface area contributed by atoms with Gasteiger partial charge in [-0.2, -0.15) is 0 Å². The molecule has 0 aliphatic rings. The van der Waals surface area contributed by atoms with Crippen LogP contribution in [0.3, 0.4) is 0 Å². The van der Waals surface area contributed by atoms with E-state index in [0.29, 0.717) is 0 Å². The summed E-state index contributed by atoms with van der Waals surface area (Å²) in [5.74, 6) is 0. The molecule has 10 heteroatoms. The van der Waals surface area contributed by atoms with Crippen molar-refractivity contribution in [3.05, 3.63) is 0 Å². The van der Waals surface area contributed by atoms with Crippen molar-refractivity contribution in [2.45, 2.75) is 0 Å². The van der Waals surface area contributed by atoms with E-state index in [0.717, 1.165) is 0 Å². The topological polar surface area (TPSA) is 90.2 Å². The Morgan fingerprint density at radius 1 is 1.17 bits per heavy atom. The highest BCUT2D eigenvalue weighted by Crippen LogP contribution is 2.53. The summed E-state index contributed by atoms with van der Waals surface area (Å²) in [6, 6.07) is 0. The summed E-state index contributed by atoms with van der Waals surface area (Å²) in [7, 11) is 1.41. The van der Waals surface area contributed by atoms with Gasteiger partial charge in [-0.3, -0.25) is 0 Å². The highest BCUT2D eigenvalue weighted by molar-refractivity contribution is 8.67. The average Bonchev–Trinajstić information content (AvgIpc) is 1.85. The molecule has 0 aromatic rings. The summed E-state index contributed by atoms with van der Waals surface area (Å²) >= 11 is 9.34. The van der Waals surface area contributed by atoms with Crippen molar-refractivity contribution < 1.29 is 24.1 Å². The van der Waals surface area contributed by atoms with E-state index in [9.17, 15) is 0 Å². The van der Waals surface area contributed by atoms with Crippen molar-refractivity contribution in [3.63, 3.8) is 0 Å². The molecule has 0 bridgehead atoms. The maximum atomic E-state index is 8.80. The van der Waals surface area contributed by atoms with Crippen molar-refractivity contribution in [2.24, 2.45) is 0 Å². The molecule has 4 N–H and O–H groups in total. The quantitative estimate of drug-likeness (QED) is 0.537. The Morgan fingerprint density at radius 2 is 1.42 bits per heavy atom. The van der Waals surface area contributed by atoms with Crippen LogP contribution in [0.1, 0.15) is 0 Å². The molecule has 0 saturated carbocycles. The third-order valence-corrected chi connectivity index (χ3v) is 5.00. The van der Waals surface area contributed by atoms with E-state index in [2.05, 4.69) is 28.1 Å². The molecule has 1 unspecified atom stereocenters. The highest BCUT2D eigenvalue weighted by Gasteiger charge is 2.05. The summed E-state index contributed by atoms with van der Waals surface area (Å²) in [6.07, 6.45) is 1.73. The minimum absolute atomic E-state index is 1.19. The second kappa shape index (κ2) is 6.84. The van der Waals surface area contributed by atoms with Gasteiger partial charge in [0.05, 0.1) is 0 Å². The zero-order valence-electron chi connectivity index (χ0n) is 6.32. The standard InChI is InChI=1S/C2H7O2PS2.H3O3PS/c1-4-5(3,6)7-2;1-4(2,3)5/h1-2H3,(H,3,6);(H3,1,2,3,5). The zero-order valence-corrected chi connectivity index (χ0v) is 10.6. The third-order valence-electron chi connectivity index (χ3n) is 0.461. The second-order valence-electron chi connectivity index (χ2n) is 1.35. The number of rotatable bonds is 2. The van der Waals surface area contributed by atoms with Gasteiger partial charge < -0.3 is 24.1 Å². The van der Waals surface area contributed by atoms with E-state index in [-0.39, 0.29) is 0 Å². The summed E-state index contributed by atoms with van der Waals surface area (Å²) in [5, 5.41) is 0. The molecule has 0 aromatic heterocycles. The van der Waals surface area contributed by atoms with Gasteiger partial charge in [-0.05, 0) is 29.9 Å². The number of hydrogen-bond donors (Lipinski definition) is 4. The summed E-state index contributed by atoms with van der Waals surface area (Å²) < 4.78 is 4.53. The minimum atomic E-state index is -3.81. The Kier molecular flexibility index (Phi) is 9.06. The average molecular weight is 272 g/mol. The summed E-state index contributed by atoms with van der Waals surface area (Å²) in [6.45, 7) is -3.81. The molecule has 0 aromatic carbocycles. The lowest BCUT2D eigenvalue weighted by molar-refractivity contribution is 0.363. The molecule has 0 heterocycles. The highest BCUT2D eigenvalue weighted by atomic mass is 32.9. The first-order valence-electron chi connectivity index (χ1n) is 2.35. The Morgan fingerprint density at radius 3 is 1.42 bits per heavy atom. The van der Waals surface area contributed by atoms with Crippen LogP contribution in [-0.4, -0.2) is 32.9 Å². The van der Waals surface area contributed by atoms with E-state index in [1.807, 2.05) is 0 Å². The summed E-state index contributed by atoms with van der Waals surface area (Å²) in [4.78, 5) is 31.5. The van der Waals surface area contributed by atoms with Crippen LogP contribution in [0.15, 0.2) is 0 Å². The Balaban J connectivity index is 0. The fraction of sp³-hybridized carbons (Fsp3) is 1.00. The molecular weight excluding hydrogens is 262 g/mol. The predicted octanol–water partition coefficient (Wildman–Crippen LogP) is 0.400. The van der Waals surface area contributed by atoms with E-state index in [1.165, 1.54) is 18.5 Å². The summed E-state index contributed by atoms with van der Waals surface area (Å²) in [5.41, 5.74) is -2.40. The smallest absolute Gasteiger partial charge is 0.319 e. The second-order valence-corrected chi connectivity index (χ2v) is 10.3. The molecule has 0 fully saturated rings. The monoisotopic (exact) mass is 272 g/mol. The molecule has 5 nitrogen and oxygen atoms in total. The van der Waals surface area contributed by atoms with Gasteiger partial charge in [0.25, 0.3) is 0 Å². The van der Waals surface area contributed by atoms with Gasteiger partial charge in [0, 0.05) is 7.11 Å². The lowest BCUT2D eigenvalue weighted by Gasteiger charge is -2.05. The van der Waals surface area contributed by atoms with Crippen molar-refractivity contribution in [1.29, 1.82) is 0 Å². The van der Waals surface area contributed by atoms with E-state index in [4.69, 9.17) is 19.6 Å². The first kappa shape index (κ1) is 15.9. The van der Waals surface area contributed by atoms with Crippen LogP contribution in [0.2, 0.25) is 0 Å². The van der Waals surface area contributed by atoms with Gasteiger partial charge in [0.2, 0.25) is 5.69 Å². The Labute approximate surface area is 84.9 Å². The lowest BCUT2D eigenvalue weighted by atomic mass is 11.8. The molecule has 0 radical (unpaired) electrons. The van der Waals surface area contributed by atoms with Crippen molar-refractivity contribution in [2.75, 3.05) is 13.4 Å². The van der Waals surface area contributed by atoms with Gasteiger partial charge in [-0.25, -0.2) is 0 Å². The van der Waals surface area contributed by atoms with Crippen LogP contribution in [0.5, 0.6) is 0 Å². The van der Waals surface area contributed by atoms with Crippen LogP contribution in [-0.2, 0) is 28.1 Å². The van der Waals surface area contributed by atoms with Crippen LogP contribution < -0.4 is 0 Å². The fourth-order valence-corrected chi connectivity index (χ4v) is 0.671. The molecule has 0 spiro atoms. The molecule has 0 rings (SSSR count). The molecular formula is C2H10O5P2S3. The maximum Gasteiger partial charge on any atom is 0.319 e. The van der Waals surface area contributed by atoms with E-state index in [1.54, 1.807) is 6.26 Å². The molecule has 12 heavy (non-hydrogen) atoms. The molecule has 0 amide bonds. The number of hydrogen-bond acceptors (Lipinski definition) is 4. The van der Waals surface area contributed by atoms with Gasteiger partial charge in [-0.1, -0.05) is 11.4 Å². The SMILES string of the molecule is COP(O)(=S)SC.OP(O)(O)=S. The van der Waals surface area contributed by atoms with Gasteiger partial charge in [0.15, 0.2) is 0 Å². The van der Waals surface area contributed by atoms with Crippen LogP contribution in [0.4, 0.5) is 0 Å². The molecule has 0 aliphatic heterocycles. The normalized spacial score (nSPS) is 15.8. The van der Waals surface area contributed by atoms with E-state index >= 15 is 0 Å². The van der Waals surface area contributed by atoms with Crippen LogP contribution >= 0.6 is 23.8 Å². The molecule has 0 saturated heterocycles. The van der Waals surface area contributed by atoms with Crippen molar-refractivity contribution in [3.8, 4) is 0 Å².